The van der Waals surface area contributed by atoms with E-state index < -0.39 is 0 Å². The number of para-hydroxylation sites is 1. The molecule has 0 bridgehead atoms. The number of amides is 1. The third-order valence-electron chi connectivity index (χ3n) is 4.06. The molecule has 0 fully saturated rings. The highest BCUT2D eigenvalue weighted by Crippen LogP contribution is 2.19. The third-order valence-corrected chi connectivity index (χ3v) is 4.06. The first-order chi connectivity index (χ1) is 11.9. The van der Waals surface area contributed by atoms with Gasteiger partial charge in [0.1, 0.15) is 11.4 Å². The van der Waals surface area contributed by atoms with Crippen molar-refractivity contribution in [3.05, 3.63) is 52.8 Å². The van der Waals surface area contributed by atoms with Crippen molar-refractivity contribution in [2.75, 3.05) is 13.2 Å². The second-order valence-electron chi connectivity index (χ2n) is 6.59. The van der Waals surface area contributed by atoms with Gasteiger partial charge in [0.25, 0.3) is 5.91 Å². The fraction of sp³-hybridized carbons (Fsp3) is 0.400. The summed E-state index contributed by atoms with van der Waals surface area (Å²) in [5, 5.41) is 2.90. The summed E-state index contributed by atoms with van der Waals surface area (Å²) in [5.74, 6) is 0.855. The molecule has 1 amide bonds. The van der Waals surface area contributed by atoms with Crippen molar-refractivity contribution in [3.8, 4) is 5.75 Å². The second-order valence-corrected chi connectivity index (χ2v) is 6.59. The molecular formula is C20H26N2O3. The van der Waals surface area contributed by atoms with E-state index in [0.29, 0.717) is 40.7 Å². The van der Waals surface area contributed by atoms with Gasteiger partial charge >= 0.3 is 0 Å². The number of aromatic amines is 1. The maximum Gasteiger partial charge on any atom is 0.268 e. The van der Waals surface area contributed by atoms with E-state index in [1.807, 2.05) is 18.2 Å². The number of hydrogen-bond acceptors (Lipinski definition) is 3. The lowest BCUT2D eigenvalue weighted by Crippen LogP contribution is -2.26. The SMILES string of the molecule is Cc1[nH]c(C(=O)NCCC(C)C)c(C)c1C(=O)COc1ccccc1. The quantitative estimate of drug-likeness (QED) is 0.719. The van der Waals surface area contributed by atoms with Crippen molar-refractivity contribution < 1.29 is 14.3 Å². The minimum atomic E-state index is -0.177. The van der Waals surface area contributed by atoms with Crippen LogP contribution in [-0.4, -0.2) is 29.8 Å². The van der Waals surface area contributed by atoms with E-state index in [4.69, 9.17) is 4.74 Å². The maximum absolute atomic E-state index is 12.5. The van der Waals surface area contributed by atoms with Crippen LogP contribution in [-0.2, 0) is 0 Å². The number of benzene rings is 1. The summed E-state index contributed by atoms with van der Waals surface area (Å²) in [5.41, 5.74) is 2.34. The van der Waals surface area contributed by atoms with Gasteiger partial charge in [0.15, 0.2) is 6.61 Å². The molecule has 1 aromatic heterocycles. The molecule has 0 atom stereocenters. The number of nitrogens with one attached hydrogen (secondary N) is 2. The van der Waals surface area contributed by atoms with Gasteiger partial charge in [-0.3, -0.25) is 9.59 Å². The minimum Gasteiger partial charge on any atom is -0.485 e. The number of ether oxygens (including phenoxy) is 1. The minimum absolute atomic E-state index is 0.0576. The Morgan fingerprint density at radius 1 is 1.16 bits per heavy atom. The number of hydrogen-bond donors (Lipinski definition) is 2. The van der Waals surface area contributed by atoms with Gasteiger partial charge in [-0.15, -0.1) is 0 Å². The smallest absolute Gasteiger partial charge is 0.268 e. The standard InChI is InChI=1S/C20H26N2O3/c1-13(2)10-11-21-20(24)19-14(3)18(15(4)22-19)17(23)12-25-16-8-6-5-7-9-16/h5-9,13,22H,10-12H2,1-4H3,(H,21,24). The van der Waals surface area contributed by atoms with Crippen molar-refractivity contribution in [3.63, 3.8) is 0 Å². The van der Waals surface area contributed by atoms with Gasteiger partial charge in [0.2, 0.25) is 5.78 Å². The first-order valence-corrected chi connectivity index (χ1v) is 8.58. The third kappa shape index (κ3) is 4.95. The molecule has 0 radical (unpaired) electrons. The number of aryl methyl sites for hydroxylation is 1. The highest BCUT2D eigenvalue weighted by atomic mass is 16.5. The average Bonchev–Trinajstić information content (AvgIpc) is 2.88. The molecule has 134 valence electrons. The predicted octanol–water partition coefficient (Wildman–Crippen LogP) is 3.67. The fourth-order valence-electron chi connectivity index (χ4n) is 2.70. The Labute approximate surface area is 148 Å². The van der Waals surface area contributed by atoms with Crippen molar-refractivity contribution in [2.45, 2.75) is 34.1 Å². The van der Waals surface area contributed by atoms with E-state index in [2.05, 4.69) is 24.1 Å². The van der Waals surface area contributed by atoms with E-state index >= 15 is 0 Å². The first-order valence-electron chi connectivity index (χ1n) is 8.58. The van der Waals surface area contributed by atoms with Crippen molar-refractivity contribution in [2.24, 2.45) is 5.92 Å². The van der Waals surface area contributed by atoms with Crippen LogP contribution in [0.25, 0.3) is 0 Å². The van der Waals surface area contributed by atoms with Crippen LogP contribution in [0.15, 0.2) is 30.3 Å². The number of aromatic nitrogens is 1. The van der Waals surface area contributed by atoms with E-state index in [-0.39, 0.29) is 18.3 Å². The largest absolute Gasteiger partial charge is 0.485 e. The van der Waals surface area contributed by atoms with Crippen LogP contribution in [0.4, 0.5) is 0 Å². The summed E-state index contributed by atoms with van der Waals surface area (Å²) in [6.45, 7) is 8.37. The molecule has 1 aromatic carbocycles. The summed E-state index contributed by atoms with van der Waals surface area (Å²) in [7, 11) is 0. The van der Waals surface area contributed by atoms with Gasteiger partial charge < -0.3 is 15.0 Å². The molecule has 0 aliphatic rings. The van der Waals surface area contributed by atoms with Crippen LogP contribution < -0.4 is 10.1 Å². The molecule has 5 nitrogen and oxygen atoms in total. The summed E-state index contributed by atoms with van der Waals surface area (Å²) >= 11 is 0. The molecule has 0 saturated heterocycles. The Bertz CT molecular complexity index is 733. The fourth-order valence-corrected chi connectivity index (χ4v) is 2.70. The van der Waals surface area contributed by atoms with Gasteiger partial charge in [0.05, 0.1) is 0 Å². The number of H-pyrrole nitrogens is 1. The monoisotopic (exact) mass is 342 g/mol. The highest BCUT2D eigenvalue weighted by molar-refractivity contribution is 6.04. The first kappa shape index (κ1) is 18.8. The van der Waals surface area contributed by atoms with Gasteiger partial charge in [-0.2, -0.15) is 0 Å². The van der Waals surface area contributed by atoms with E-state index in [1.54, 1.807) is 26.0 Å². The van der Waals surface area contributed by atoms with Crippen LogP contribution in [0.3, 0.4) is 0 Å². The number of Topliss-reactive ketones (excluding diaryl/α,β-unsaturated/α-hetero) is 1. The van der Waals surface area contributed by atoms with Crippen molar-refractivity contribution >= 4 is 11.7 Å². The van der Waals surface area contributed by atoms with Crippen LogP contribution in [0.2, 0.25) is 0 Å². The zero-order valence-corrected chi connectivity index (χ0v) is 15.3. The Morgan fingerprint density at radius 2 is 1.84 bits per heavy atom. The molecule has 2 rings (SSSR count). The number of ketones is 1. The Hall–Kier alpha value is -2.56. The Kier molecular flexibility index (Phi) is 6.39. The number of carbonyl (C=O) groups excluding carboxylic acids is 2. The molecule has 0 aliphatic heterocycles. The van der Waals surface area contributed by atoms with E-state index in [1.165, 1.54) is 0 Å². The topological polar surface area (TPSA) is 71.2 Å². The lowest BCUT2D eigenvalue weighted by atomic mass is 10.1. The zero-order chi connectivity index (χ0) is 18.4. The summed E-state index contributed by atoms with van der Waals surface area (Å²) in [6, 6.07) is 9.20. The molecule has 2 aromatic rings. The van der Waals surface area contributed by atoms with E-state index in [9.17, 15) is 9.59 Å². The lowest BCUT2D eigenvalue weighted by Gasteiger charge is -2.07. The lowest BCUT2D eigenvalue weighted by molar-refractivity contribution is 0.0920. The molecule has 0 aliphatic carbocycles. The van der Waals surface area contributed by atoms with Crippen molar-refractivity contribution in [1.82, 2.24) is 10.3 Å². The second kappa shape index (κ2) is 8.51. The normalized spacial score (nSPS) is 10.8. The number of carbonyl (C=O) groups is 2. The van der Waals surface area contributed by atoms with Gasteiger partial charge in [-0.1, -0.05) is 32.0 Å². The highest BCUT2D eigenvalue weighted by Gasteiger charge is 2.22. The zero-order valence-electron chi connectivity index (χ0n) is 15.3. The molecule has 0 spiro atoms. The summed E-state index contributed by atoms with van der Waals surface area (Å²) in [4.78, 5) is 27.9. The molecule has 2 N–H and O–H groups in total. The Morgan fingerprint density at radius 3 is 2.48 bits per heavy atom. The average molecular weight is 342 g/mol. The maximum atomic E-state index is 12.5. The predicted molar refractivity (Wildman–Crippen MR) is 98.3 cm³/mol. The van der Waals surface area contributed by atoms with Crippen molar-refractivity contribution in [1.29, 1.82) is 0 Å². The van der Waals surface area contributed by atoms with E-state index in [0.717, 1.165) is 6.42 Å². The van der Waals surface area contributed by atoms with Gasteiger partial charge in [0, 0.05) is 17.8 Å². The summed E-state index contributed by atoms with van der Waals surface area (Å²) in [6.07, 6.45) is 0.918. The summed E-state index contributed by atoms with van der Waals surface area (Å²) < 4.78 is 5.53. The molecular weight excluding hydrogens is 316 g/mol. The van der Waals surface area contributed by atoms with Crippen LogP contribution in [0.1, 0.15) is 52.4 Å². The molecule has 0 unspecified atom stereocenters. The molecule has 25 heavy (non-hydrogen) atoms. The Balaban J connectivity index is 2.05. The molecule has 5 heteroatoms. The van der Waals surface area contributed by atoms with Crippen LogP contribution in [0, 0.1) is 19.8 Å². The molecule has 0 saturated carbocycles. The van der Waals surface area contributed by atoms with Gasteiger partial charge in [-0.25, -0.2) is 0 Å². The number of rotatable bonds is 8. The van der Waals surface area contributed by atoms with Crippen LogP contribution >= 0.6 is 0 Å². The molecule has 1 heterocycles. The van der Waals surface area contributed by atoms with Crippen LogP contribution in [0.5, 0.6) is 5.75 Å². The van der Waals surface area contributed by atoms with Gasteiger partial charge in [-0.05, 0) is 43.9 Å².